The lowest BCUT2D eigenvalue weighted by molar-refractivity contribution is 0.0691. The quantitative estimate of drug-likeness (QED) is 0.786. The van der Waals surface area contributed by atoms with E-state index < -0.39 is 5.97 Å². The van der Waals surface area contributed by atoms with E-state index in [2.05, 4.69) is 4.98 Å². The van der Waals surface area contributed by atoms with E-state index in [1.807, 2.05) is 37.3 Å². The van der Waals surface area contributed by atoms with E-state index in [1.54, 1.807) is 18.2 Å². The second-order valence-corrected chi connectivity index (χ2v) is 4.77. The molecule has 0 amide bonds. The molecule has 4 heteroatoms. The summed E-state index contributed by atoms with van der Waals surface area (Å²) < 4.78 is 5.78. The summed E-state index contributed by atoms with van der Waals surface area (Å²) in [6.45, 7) is 2.02. The van der Waals surface area contributed by atoms with Crippen molar-refractivity contribution in [3.63, 3.8) is 0 Å². The Morgan fingerprint density at radius 1 is 1.00 bits per heavy atom. The third-order valence-corrected chi connectivity index (χ3v) is 3.14. The average molecular weight is 279 g/mol. The van der Waals surface area contributed by atoms with Crippen LogP contribution in [-0.2, 0) is 0 Å². The Hall–Kier alpha value is -2.88. The van der Waals surface area contributed by atoms with Crippen LogP contribution in [0.3, 0.4) is 0 Å². The number of aromatic nitrogens is 1. The molecule has 0 saturated carbocycles. The average Bonchev–Trinajstić information content (AvgIpc) is 2.49. The van der Waals surface area contributed by atoms with Crippen LogP contribution in [0.4, 0.5) is 0 Å². The Morgan fingerprint density at radius 3 is 2.43 bits per heavy atom. The number of rotatable bonds is 3. The van der Waals surface area contributed by atoms with Gasteiger partial charge in [-0.25, -0.2) is 9.78 Å². The molecule has 0 atom stereocenters. The van der Waals surface area contributed by atoms with Gasteiger partial charge in [-0.3, -0.25) is 0 Å². The Kier molecular flexibility index (Phi) is 3.28. The number of carboxylic acids is 1. The molecule has 104 valence electrons. The van der Waals surface area contributed by atoms with E-state index >= 15 is 0 Å². The van der Waals surface area contributed by atoms with Gasteiger partial charge in [-0.2, -0.15) is 0 Å². The molecule has 0 spiro atoms. The summed E-state index contributed by atoms with van der Waals surface area (Å²) in [4.78, 5) is 15.0. The van der Waals surface area contributed by atoms with Crippen LogP contribution in [-0.4, -0.2) is 16.1 Å². The Labute approximate surface area is 121 Å². The smallest absolute Gasteiger partial charge is 0.354 e. The van der Waals surface area contributed by atoms with Crippen LogP contribution in [0.2, 0.25) is 0 Å². The maximum Gasteiger partial charge on any atom is 0.354 e. The molecule has 4 nitrogen and oxygen atoms in total. The van der Waals surface area contributed by atoms with Gasteiger partial charge in [0, 0.05) is 5.39 Å². The predicted molar refractivity (Wildman–Crippen MR) is 80.0 cm³/mol. The number of hydrogen-bond donors (Lipinski definition) is 1. The molecule has 21 heavy (non-hydrogen) atoms. The number of fused-ring (bicyclic) bond motifs is 1. The lowest BCUT2D eigenvalue weighted by atomic mass is 10.2. The molecule has 0 aliphatic rings. The summed E-state index contributed by atoms with van der Waals surface area (Å²) in [5.74, 6) is 0.420. The van der Waals surface area contributed by atoms with Gasteiger partial charge in [-0.05, 0) is 43.3 Å². The third-order valence-electron chi connectivity index (χ3n) is 3.14. The molecule has 1 N–H and O–H groups in total. The molecule has 1 heterocycles. The highest BCUT2D eigenvalue weighted by molar-refractivity contribution is 5.90. The summed E-state index contributed by atoms with van der Waals surface area (Å²) in [5.41, 5.74) is 1.84. The van der Waals surface area contributed by atoms with Gasteiger partial charge in [-0.1, -0.05) is 23.8 Å². The van der Waals surface area contributed by atoms with Gasteiger partial charge in [0.1, 0.15) is 17.2 Å². The van der Waals surface area contributed by atoms with Crippen molar-refractivity contribution < 1.29 is 14.6 Å². The van der Waals surface area contributed by atoms with E-state index in [0.29, 0.717) is 11.3 Å². The summed E-state index contributed by atoms with van der Waals surface area (Å²) in [7, 11) is 0. The van der Waals surface area contributed by atoms with Crippen LogP contribution in [0, 0.1) is 6.92 Å². The number of benzene rings is 2. The van der Waals surface area contributed by atoms with Crippen LogP contribution >= 0.6 is 0 Å². The third kappa shape index (κ3) is 2.84. The minimum Gasteiger partial charge on any atom is -0.477 e. The standard InChI is InChI=1S/C17H13NO3/c1-11-2-5-13(6-3-11)21-14-7-9-15-12(10-14)4-8-16(18-15)17(19)20/h2-10H,1H3,(H,19,20). The van der Waals surface area contributed by atoms with Gasteiger partial charge < -0.3 is 9.84 Å². The molecular formula is C17H13NO3. The van der Waals surface area contributed by atoms with E-state index in [0.717, 1.165) is 11.1 Å². The summed E-state index contributed by atoms with van der Waals surface area (Å²) in [5, 5.41) is 9.77. The molecule has 3 aromatic rings. The number of hydrogen-bond acceptors (Lipinski definition) is 3. The fourth-order valence-corrected chi connectivity index (χ4v) is 2.03. The van der Waals surface area contributed by atoms with Gasteiger partial charge in [0.05, 0.1) is 5.52 Å². The van der Waals surface area contributed by atoms with Crippen molar-refractivity contribution in [2.24, 2.45) is 0 Å². The summed E-state index contributed by atoms with van der Waals surface area (Å²) >= 11 is 0. The topological polar surface area (TPSA) is 59.4 Å². The predicted octanol–water partition coefficient (Wildman–Crippen LogP) is 4.03. The molecule has 3 rings (SSSR count). The van der Waals surface area contributed by atoms with E-state index in [1.165, 1.54) is 11.6 Å². The zero-order valence-electron chi connectivity index (χ0n) is 11.4. The summed E-state index contributed by atoms with van der Waals surface area (Å²) in [6.07, 6.45) is 0. The molecule has 0 bridgehead atoms. The van der Waals surface area contributed by atoms with Crippen LogP contribution in [0.1, 0.15) is 16.1 Å². The highest BCUT2D eigenvalue weighted by atomic mass is 16.5. The molecule has 0 saturated heterocycles. The molecule has 0 aliphatic heterocycles. The van der Waals surface area contributed by atoms with Gasteiger partial charge in [0.25, 0.3) is 0 Å². The highest BCUT2D eigenvalue weighted by Crippen LogP contribution is 2.25. The van der Waals surface area contributed by atoms with E-state index in [-0.39, 0.29) is 5.69 Å². The zero-order valence-corrected chi connectivity index (χ0v) is 11.4. The molecule has 0 aliphatic carbocycles. The van der Waals surface area contributed by atoms with Gasteiger partial charge in [-0.15, -0.1) is 0 Å². The molecule has 0 fully saturated rings. The Bertz CT molecular complexity index is 810. The minimum absolute atomic E-state index is 0.0368. The lowest BCUT2D eigenvalue weighted by Crippen LogP contribution is -1.99. The number of carboxylic acid groups (broad SMARTS) is 1. The first kappa shape index (κ1) is 13.1. The van der Waals surface area contributed by atoms with E-state index in [9.17, 15) is 4.79 Å². The largest absolute Gasteiger partial charge is 0.477 e. The van der Waals surface area contributed by atoms with Crippen LogP contribution in [0.25, 0.3) is 10.9 Å². The number of aromatic carboxylic acids is 1. The molecule has 0 radical (unpaired) electrons. The highest BCUT2D eigenvalue weighted by Gasteiger charge is 2.06. The fourth-order valence-electron chi connectivity index (χ4n) is 2.03. The Morgan fingerprint density at radius 2 is 1.71 bits per heavy atom. The van der Waals surface area contributed by atoms with Crippen LogP contribution in [0.15, 0.2) is 54.6 Å². The van der Waals surface area contributed by atoms with Crippen molar-refractivity contribution in [3.8, 4) is 11.5 Å². The lowest BCUT2D eigenvalue weighted by Gasteiger charge is -2.07. The number of aryl methyl sites for hydroxylation is 1. The SMILES string of the molecule is Cc1ccc(Oc2ccc3nc(C(=O)O)ccc3c2)cc1. The Balaban J connectivity index is 1.92. The maximum atomic E-state index is 10.9. The van der Waals surface area contributed by atoms with Gasteiger partial charge in [0.2, 0.25) is 0 Å². The monoisotopic (exact) mass is 279 g/mol. The number of carbonyl (C=O) groups is 1. The zero-order chi connectivity index (χ0) is 14.8. The van der Waals surface area contributed by atoms with Crippen LogP contribution < -0.4 is 4.74 Å². The van der Waals surface area contributed by atoms with Crippen molar-refractivity contribution in [2.75, 3.05) is 0 Å². The minimum atomic E-state index is -1.03. The molecule has 2 aromatic carbocycles. The van der Waals surface area contributed by atoms with Crippen LogP contribution in [0.5, 0.6) is 11.5 Å². The maximum absolute atomic E-state index is 10.9. The summed E-state index contributed by atoms with van der Waals surface area (Å²) in [6, 6.07) is 16.4. The van der Waals surface area contributed by atoms with Crippen molar-refractivity contribution in [2.45, 2.75) is 6.92 Å². The first-order valence-corrected chi connectivity index (χ1v) is 6.50. The van der Waals surface area contributed by atoms with Gasteiger partial charge in [0.15, 0.2) is 0 Å². The number of ether oxygens (including phenoxy) is 1. The fraction of sp³-hybridized carbons (Fsp3) is 0.0588. The van der Waals surface area contributed by atoms with Crippen molar-refractivity contribution >= 4 is 16.9 Å². The molecule has 0 unspecified atom stereocenters. The molecule has 1 aromatic heterocycles. The second kappa shape index (κ2) is 5.25. The van der Waals surface area contributed by atoms with Crippen molar-refractivity contribution in [1.82, 2.24) is 4.98 Å². The second-order valence-electron chi connectivity index (χ2n) is 4.77. The van der Waals surface area contributed by atoms with Gasteiger partial charge >= 0.3 is 5.97 Å². The van der Waals surface area contributed by atoms with Crippen molar-refractivity contribution in [3.05, 3.63) is 65.9 Å². The number of nitrogens with zero attached hydrogens (tertiary/aromatic N) is 1. The first-order valence-electron chi connectivity index (χ1n) is 6.50. The normalized spacial score (nSPS) is 10.5. The first-order chi connectivity index (χ1) is 10.1. The van der Waals surface area contributed by atoms with E-state index in [4.69, 9.17) is 9.84 Å². The molecular weight excluding hydrogens is 266 g/mol. The van der Waals surface area contributed by atoms with Crippen molar-refractivity contribution in [1.29, 1.82) is 0 Å². The number of pyridine rings is 1.